The van der Waals surface area contributed by atoms with Gasteiger partial charge in [0.25, 0.3) is 0 Å². The van der Waals surface area contributed by atoms with E-state index in [-0.39, 0.29) is 46.8 Å². The Labute approximate surface area is 249 Å². The number of nitrogen functional groups attached to an aromatic ring is 1. The van der Waals surface area contributed by atoms with Crippen molar-refractivity contribution < 1.29 is 34.2 Å². The number of oxime groups is 1. The first kappa shape index (κ1) is 30.8. The summed E-state index contributed by atoms with van der Waals surface area (Å²) in [6.07, 6.45) is 0.0939. The number of aromatic nitrogens is 1. The van der Waals surface area contributed by atoms with Crippen molar-refractivity contribution >= 4 is 68.5 Å². The van der Waals surface area contributed by atoms with E-state index >= 15 is 0 Å². The van der Waals surface area contributed by atoms with Crippen molar-refractivity contribution in [3.8, 4) is 0 Å². The molecule has 1 aromatic heterocycles. The largest absolute Gasteiger partial charge is 0.477 e. The number of Topliss-reactive ketones (excluding diaryl/α,β-unsaturated/α-hetero) is 1. The van der Waals surface area contributed by atoms with Crippen LogP contribution in [0.2, 0.25) is 0 Å². The average molecular weight is 619 g/mol. The Morgan fingerprint density at radius 2 is 1.98 bits per heavy atom. The third kappa shape index (κ3) is 6.20. The van der Waals surface area contributed by atoms with Crippen molar-refractivity contribution in [2.24, 2.45) is 11.1 Å². The number of hydrogen-bond donors (Lipinski definition) is 3. The first-order valence-corrected chi connectivity index (χ1v) is 15.5. The number of rotatable bonds is 11. The van der Waals surface area contributed by atoms with Gasteiger partial charge in [-0.2, -0.15) is 0 Å². The Morgan fingerprint density at radius 1 is 1.27 bits per heavy atom. The van der Waals surface area contributed by atoms with Crippen LogP contribution in [0.25, 0.3) is 0 Å². The molecule has 11 nitrogen and oxygen atoms in total. The highest BCUT2D eigenvalue weighted by atomic mass is 32.2. The van der Waals surface area contributed by atoms with Gasteiger partial charge in [-0.05, 0) is 53.7 Å². The number of nitrogens with two attached hydrogens (primary N) is 1. The number of amides is 1. The Hall–Kier alpha value is -3.20. The van der Waals surface area contributed by atoms with E-state index in [1.807, 2.05) is 19.9 Å². The van der Waals surface area contributed by atoms with Crippen LogP contribution in [0, 0.1) is 19.8 Å². The second kappa shape index (κ2) is 12.8. The number of β-lactam (4-membered cyclic amide) rings is 1. The van der Waals surface area contributed by atoms with E-state index < -0.39 is 29.0 Å². The lowest BCUT2D eigenvalue weighted by Crippen LogP contribution is -2.62. The smallest absolute Gasteiger partial charge is 0.352 e. The molecule has 1 fully saturated rings. The second-order valence-electron chi connectivity index (χ2n) is 9.63. The van der Waals surface area contributed by atoms with Crippen LogP contribution < -0.4 is 5.73 Å². The molecule has 1 saturated heterocycles. The predicted octanol–water partition coefficient (Wildman–Crippen LogP) is 3.04. The van der Waals surface area contributed by atoms with Gasteiger partial charge in [0.05, 0.1) is 17.9 Å². The van der Waals surface area contributed by atoms with Crippen molar-refractivity contribution in [1.82, 2.24) is 9.88 Å². The minimum atomic E-state index is -1.22. The van der Waals surface area contributed by atoms with Crippen LogP contribution in [-0.4, -0.2) is 66.8 Å². The normalized spacial score (nSPS) is 18.7. The van der Waals surface area contributed by atoms with Gasteiger partial charge in [-0.15, -0.1) is 23.1 Å². The van der Waals surface area contributed by atoms with Gasteiger partial charge in [0, 0.05) is 30.2 Å². The molecule has 0 bridgehead atoms. The quantitative estimate of drug-likeness (QED) is 0.192. The first-order valence-electron chi connectivity index (χ1n) is 12.6. The number of nitrogens with zero attached hydrogens (tertiary/aromatic N) is 3. The maximum Gasteiger partial charge on any atom is 0.352 e. The fourth-order valence-corrected chi connectivity index (χ4v) is 7.67. The zero-order valence-electron chi connectivity index (χ0n) is 22.9. The molecule has 2 aliphatic heterocycles. The molecule has 4 N–H and O–H groups in total. The molecule has 1 aromatic carbocycles. The number of carboxylic acids is 1. The lowest BCUT2D eigenvalue weighted by atomic mass is 9.87. The molecule has 0 spiro atoms. The summed E-state index contributed by atoms with van der Waals surface area (Å²) in [5, 5.41) is 25.2. The number of fused-ring (bicyclic) bond motifs is 1. The number of aliphatic hydroxyl groups excluding tert-OH is 1. The molecule has 2 atom stereocenters. The van der Waals surface area contributed by atoms with Crippen LogP contribution >= 0.6 is 34.9 Å². The number of thioether (sulfide) groups is 2. The van der Waals surface area contributed by atoms with Crippen molar-refractivity contribution in [1.29, 1.82) is 0 Å². The van der Waals surface area contributed by atoms with Crippen LogP contribution in [0.1, 0.15) is 46.9 Å². The number of aliphatic hydroxyl groups is 1. The van der Waals surface area contributed by atoms with Gasteiger partial charge in [0.2, 0.25) is 5.91 Å². The van der Waals surface area contributed by atoms with Crippen molar-refractivity contribution in [2.75, 3.05) is 18.6 Å². The van der Waals surface area contributed by atoms with E-state index in [1.54, 1.807) is 5.38 Å². The van der Waals surface area contributed by atoms with Gasteiger partial charge >= 0.3 is 5.97 Å². The highest BCUT2D eigenvalue weighted by molar-refractivity contribution is 8.12. The number of thiazole rings is 1. The number of ketones is 1. The number of benzene rings is 1. The third-order valence-electron chi connectivity index (χ3n) is 7.19. The minimum Gasteiger partial charge on any atom is -0.477 e. The van der Waals surface area contributed by atoms with Crippen LogP contribution in [0.4, 0.5) is 5.13 Å². The maximum absolute atomic E-state index is 13.3. The lowest BCUT2D eigenvalue weighted by molar-refractivity contribution is -0.153. The first-order chi connectivity index (χ1) is 19.5. The van der Waals surface area contributed by atoms with Crippen LogP contribution in [0.3, 0.4) is 0 Å². The van der Waals surface area contributed by atoms with E-state index in [1.165, 1.54) is 42.5 Å². The molecule has 2 aliphatic rings. The molecular formula is C27H30N4O7S3. The van der Waals surface area contributed by atoms with E-state index in [2.05, 4.69) is 10.1 Å². The summed E-state index contributed by atoms with van der Waals surface area (Å²) in [5.74, 6) is -2.06. The minimum absolute atomic E-state index is 0.0247. The average Bonchev–Trinajstić information content (AvgIpc) is 3.36. The molecule has 41 heavy (non-hydrogen) atoms. The van der Waals surface area contributed by atoms with Crippen LogP contribution in [0.15, 0.2) is 27.9 Å². The fourth-order valence-electron chi connectivity index (χ4n) is 5.05. The molecule has 2 aromatic rings. The van der Waals surface area contributed by atoms with Gasteiger partial charge in [-0.25, -0.2) is 9.78 Å². The molecule has 0 aliphatic carbocycles. The van der Waals surface area contributed by atoms with Crippen molar-refractivity contribution in [3.05, 3.63) is 56.2 Å². The summed E-state index contributed by atoms with van der Waals surface area (Å²) < 4.78 is 0. The zero-order valence-corrected chi connectivity index (χ0v) is 25.4. The number of aliphatic carboxylic acids is 1. The molecule has 14 heteroatoms. The molecule has 218 valence electrons. The van der Waals surface area contributed by atoms with Gasteiger partial charge in [-0.3, -0.25) is 19.3 Å². The Morgan fingerprint density at radius 3 is 2.56 bits per heavy atom. The van der Waals surface area contributed by atoms with Gasteiger partial charge in [-0.1, -0.05) is 23.0 Å². The van der Waals surface area contributed by atoms with Crippen LogP contribution in [-0.2, 0) is 42.8 Å². The summed E-state index contributed by atoms with van der Waals surface area (Å²) in [6, 6.07) is 1.88. The fraction of sp³-hybridized carbons (Fsp3) is 0.407. The molecular weight excluding hydrogens is 589 g/mol. The van der Waals surface area contributed by atoms with Crippen LogP contribution in [0.5, 0.6) is 0 Å². The SMILES string of the molecule is CO/N=C(\C(=O)C[C@@H]1C(=O)N2C(C(=O)O)=C(Cc3c(C)c(CO)cc(CSC(C)=O)c3C)CS[C@H]12)c1csc(N)n1. The Kier molecular flexibility index (Phi) is 9.57. The second-order valence-corrected chi connectivity index (χ2v) is 12.8. The number of carboxylic acid groups (broad SMARTS) is 1. The number of anilines is 1. The Balaban J connectivity index is 1.61. The standard InChI is InChI=1S/C27H30N4O7S3/c1-12-15(8-32)5-16(9-39-14(3)33)13(2)18(12)6-17-10-40-25-19(24(35)31(25)23(17)26(36)37)7-21(34)22(30-38-4)20-11-41-27(28)29-20/h5,11,19,25,32H,6-10H2,1-4H3,(H2,28,29)(H,36,37)/b30-22-/t19-,25-/m1/s1. The van der Waals surface area contributed by atoms with E-state index in [9.17, 15) is 29.4 Å². The highest BCUT2D eigenvalue weighted by Gasteiger charge is 2.54. The van der Waals surface area contributed by atoms with Gasteiger partial charge in [0.15, 0.2) is 21.7 Å². The number of carbonyl (C=O) groups is 4. The molecule has 0 radical (unpaired) electrons. The summed E-state index contributed by atoms with van der Waals surface area (Å²) >= 11 is 3.72. The summed E-state index contributed by atoms with van der Waals surface area (Å²) in [7, 11) is 1.30. The third-order valence-corrected chi connectivity index (χ3v) is 10.1. The monoisotopic (exact) mass is 618 g/mol. The Bertz CT molecular complexity index is 1480. The van der Waals surface area contributed by atoms with E-state index in [0.717, 1.165) is 33.6 Å². The predicted molar refractivity (Wildman–Crippen MR) is 158 cm³/mol. The van der Waals surface area contributed by atoms with Crippen molar-refractivity contribution in [2.45, 2.75) is 51.3 Å². The molecule has 1 amide bonds. The molecule has 4 rings (SSSR count). The molecule has 0 saturated carbocycles. The van der Waals surface area contributed by atoms with Gasteiger partial charge in [0.1, 0.15) is 18.5 Å². The van der Waals surface area contributed by atoms with Crippen molar-refractivity contribution in [3.63, 3.8) is 0 Å². The highest BCUT2D eigenvalue weighted by Crippen LogP contribution is 2.46. The summed E-state index contributed by atoms with van der Waals surface area (Å²) in [6.45, 7) is 5.10. The topological polar surface area (TPSA) is 172 Å². The van der Waals surface area contributed by atoms with E-state index in [4.69, 9.17) is 10.6 Å². The molecule has 3 heterocycles. The van der Waals surface area contributed by atoms with Gasteiger partial charge < -0.3 is 20.8 Å². The number of hydrogen-bond acceptors (Lipinski definition) is 12. The molecule has 0 unspecified atom stereocenters. The van der Waals surface area contributed by atoms with E-state index in [0.29, 0.717) is 22.6 Å². The lowest BCUT2D eigenvalue weighted by Gasteiger charge is -2.49. The summed E-state index contributed by atoms with van der Waals surface area (Å²) in [5.41, 5.74) is 10.6. The number of carbonyl (C=O) groups excluding carboxylic acids is 3. The maximum atomic E-state index is 13.3. The zero-order chi connectivity index (χ0) is 30.0. The summed E-state index contributed by atoms with van der Waals surface area (Å²) in [4.78, 5) is 60.6.